The number of carbonyl (C=O) groups is 1. The van der Waals surface area contributed by atoms with Crippen LogP contribution in [0.15, 0.2) is 66.7 Å². The second-order valence-electron chi connectivity index (χ2n) is 6.71. The Morgan fingerprint density at radius 3 is 2.59 bits per heavy atom. The average molecular weight is 361 g/mol. The van der Waals surface area contributed by atoms with Gasteiger partial charge in [-0.05, 0) is 52.9 Å². The number of likely N-dealkylation sites (N-methyl/N-ethyl adjacent to an activating group) is 1. The molecular formula is C23H20FNO2. The Morgan fingerprint density at radius 1 is 1.00 bits per heavy atom. The standard InChI is InChI=1S/C23H20FNO2/c1-25(12-13-27-22-9-5-4-8-21(22)24)23(26)17-10-11-20-18(15-17)14-16-6-2-3-7-19(16)20/h2-11,15H,12-14H2,1H3. The number of fused-ring (bicyclic) bond motifs is 3. The maximum Gasteiger partial charge on any atom is 0.253 e. The van der Waals surface area contributed by atoms with E-state index in [1.165, 1.54) is 28.3 Å². The summed E-state index contributed by atoms with van der Waals surface area (Å²) in [4.78, 5) is 14.3. The molecule has 0 aliphatic heterocycles. The zero-order valence-corrected chi connectivity index (χ0v) is 15.1. The lowest BCUT2D eigenvalue weighted by Crippen LogP contribution is -2.31. The highest BCUT2D eigenvalue weighted by atomic mass is 19.1. The molecule has 0 N–H and O–H groups in total. The van der Waals surface area contributed by atoms with E-state index >= 15 is 0 Å². The van der Waals surface area contributed by atoms with Gasteiger partial charge in [-0.2, -0.15) is 0 Å². The number of carbonyl (C=O) groups excluding carboxylic acids is 1. The van der Waals surface area contributed by atoms with Gasteiger partial charge >= 0.3 is 0 Å². The summed E-state index contributed by atoms with van der Waals surface area (Å²) < 4.78 is 19.0. The third-order valence-electron chi connectivity index (χ3n) is 4.91. The van der Waals surface area contributed by atoms with E-state index in [1.54, 1.807) is 30.1 Å². The van der Waals surface area contributed by atoms with Crippen LogP contribution >= 0.6 is 0 Å². The average Bonchev–Trinajstić information content (AvgIpc) is 3.06. The van der Waals surface area contributed by atoms with Gasteiger partial charge in [0.2, 0.25) is 0 Å². The lowest BCUT2D eigenvalue weighted by atomic mass is 10.0. The molecule has 0 saturated carbocycles. The minimum absolute atomic E-state index is 0.0640. The largest absolute Gasteiger partial charge is 0.489 e. The van der Waals surface area contributed by atoms with E-state index in [0.717, 1.165) is 6.42 Å². The van der Waals surface area contributed by atoms with Crippen LogP contribution in [0.25, 0.3) is 11.1 Å². The Balaban J connectivity index is 1.41. The van der Waals surface area contributed by atoms with Gasteiger partial charge in [-0.1, -0.05) is 42.5 Å². The van der Waals surface area contributed by atoms with Gasteiger partial charge in [0.1, 0.15) is 6.61 Å². The summed E-state index contributed by atoms with van der Waals surface area (Å²) in [6.07, 6.45) is 0.854. The summed E-state index contributed by atoms with van der Waals surface area (Å²) in [6, 6.07) is 20.5. The van der Waals surface area contributed by atoms with Crippen molar-refractivity contribution in [3.8, 4) is 16.9 Å². The van der Waals surface area contributed by atoms with Crippen LogP contribution in [0, 0.1) is 5.82 Å². The van der Waals surface area contributed by atoms with E-state index in [9.17, 15) is 9.18 Å². The molecule has 0 fully saturated rings. The van der Waals surface area contributed by atoms with Gasteiger partial charge in [0.15, 0.2) is 11.6 Å². The van der Waals surface area contributed by atoms with Crippen molar-refractivity contribution in [2.24, 2.45) is 0 Å². The van der Waals surface area contributed by atoms with Crippen LogP contribution in [-0.4, -0.2) is 31.0 Å². The lowest BCUT2D eigenvalue weighted by Gasteiger charge is -2.18. The molecule has 0 unspecified atom stereocenters. The minimum Gasteiger partial charge on any atom is -0.489 e. The van der Waals surface area contributed by atoms with E-state index in [4.69, 9.17) is 4.74 Å². The summed E-state index contributed by atoms with van der Waals surface area (Å²) in [7, 11) is 1.73. The van der Waals surface area contributed by atoms with Crippen LogP contribution in [0.5, 0.6) is 5.75 Å². The number of hydrogen-bond acceptors (Lipinski definition) is 2. The van der Waals surface area contributed by atoms with Crippen molar-refractivity contribution in [2.75, 3.05) is 20.2 Å². The number of halogens is 1. The topological polar surface area (TPSA) is 29.5 Å². The van der Waals surface area contributed by atoms with Crippen LogP contribution in [0.1, 0.15) is 21.5 Å². The van der Waals surface area contributed by atoms with E-state index in [-0.39, 0.29) is 18.3 Å². The smallest absolute Gasteiger partial charge is 0.253 e. The summed E-state index contributed by atoms with van der Waals surface area (Å²) >= 11 is 0. The lowest BCUT2D eigenvalue weighted by molar-refractivity contribution is 0.0773. The first kappa shape index (κ1) is 17.3. The molecule has 4 heteroatoms. The summed E-state index contributed by atoms with van der Waals surface area (Å²) in [5, 5.41) is 0. The molecule has 1 amide bonds. The van der Waals surface area contributed by atoms with Crippen LogP contribution in [-0.2, 0) is 6.42 Å². The molecule has 0 radical (unpaired) electrons. The number of hydrogen-bond donors (Lipinski definition) is 0. The first-order valence-corrected chi connectivity index (χ1v) is 8.97. The molecule has 136 valence electrons. The fourth-order valence-electron chi connectivity index (χ4n) is 3.45. The SMILES string of the molecule is CN(CCOc1ccccc1F)C(=O)c1ccc2c(c1)Cc1ccccc1-2. The number of rotatable bonds is 5. The minimum atomic E-state index is -0.398. The molecule has 1 aliphatic carbocycles. The Bertz CT molecular complexity index is 999. The normalized spacial score (nSPS) is 11.6. The predicted molar refractivity (Wildman–Crippen MR) is 104 cm³/mol. The number of nitrogens with zero attached hydrogens (tertiary/aromatic N) is 1. The molecule has 3 aromatic rings. The van der Waals surface area contributed by atoms with E-state index in [0.29, 0.717) is 12.1 Å². The highest BCUT2D eigenvalue weighted by Gasteiger charge is 2.20. The Morgan fingerprint density at radius 2 is 1.74 bits per heavy atom. The predicted octanol–water partition coefficient (Wildman–Crippen LogP) is 4.55. The van der Waals surface area contributed by atoms with Crippen molar-refractivity contribution in [3.63, 3.8) is 0 Å². The summed E-state index contributed by atoms with van der Waals surface area (Å²) in [5.74, 6) is -0.260. The highest BCUT2D eigenvalue weighted by Crippen LogP contribution is 2.36. The number of para-hydroxylation sites is 1. The summed E-state index contributed by atoms with van der Waals surface area (Å²) in [5.41, 5.74) is 5.59. The van der Waals surface area contributed by atoms with Crippen molar-refractivity contribution in [3.05, 3.63) is 89.2 Å². The zero-order chi connectivity index (χ0) is 18.8. The zero-order valence-electron chi connectivity index (χ0n) is 15.1. The van der Waals surface area contributed by atoms with Crippen molar-refractivity contribution >= 4 is 5.91 Å². The summed E-state index contributed by atoms with van der Waals surface area (Å²) in [6.45, 7) is 0.615. The van der Waals surface area contributed by atoms with Gasteiger partial charge in [0.25, 0.3) is 5.91 Å². The van der Waals surface area contributed by atoms with E-state index in [2.05, 4.69) is 12.1 Å². The number of ether oxygens (including phenoxy) is 1. The van der Waals surface area contributed by atoms with Gasteiger partial charge in [-0.3, -0.25) is 4.79 Å². The third-order valence-corrected chi connectivity index (χ3v) is 4.91. The molecule has 0 saturated heterocycles. The van der Waals surface area contributed by atoms with E-state index in [1.807, 2.05) is 30.3 Å². The molecule has 0 heterocycles. The maximum absolute atomic E-state index is 13.6. The molecule has 0 aromatic heterocycles. The maximum atomic E-state index is 13.6. The first-order valence-electron chi connectivity index (χ1n) is 8.97. The van der Waals surface area contributed by atoms with Gasteiger partial charge in [0.05, 0.1) is 6.54 Å². The Kier molecular flexibility index (Phi) is 4.63. The van der Waals surface area contributed by atoms with Crippen molar-refractivity contribution in [2.45, 2.75) is 6.42 Å². The van der Waals surface area contributed by atoms with Gasteiger partial charge in [-0.25, -0.2) is 4.39 Å². The molecule has 0 bridgehead atoms. The molecule has 1 aliphatic rings. The second-order valence-corrected chi connectivity index (χ2v) is 6.71. The van der Waals surface area contributed by atoms with Crippen LogP contribution in [0.4, 0.5) is 4.39 Å². The fraction of sp³-hybridized carbons (Fsp3) is 0.174. The molecule has 3 nitrogen and oxygen atoms in total. The molecule has 4 rings (SSSR count). The van der Waals surface area contributed by atoms with Crippen molar-refractivity contribution < 1.29 is 13.9 Å². The van der Waals surface area contributed by atoms with Crippen molar-refractivity contribution in [1.29, 1.82) is 0 Å². The quantitative estimate of drug-likeness (QED) is 0.522. The number of benzene rings is 3. The van der Waals surface area contributed by atoms with Crippen LogP contribution < -0.4 is 4.74 Å². The molecule has 0 spiro atoms. The monoisotopic (exact) mass is 361 g/mol. The molecule has 0 atom stereocenters. The first-order chi connectivity index (χ1) is 13.1. The van der Waals surface area contributed by atoms with Crippen molar-refractivity contribution in [1.82, 2.24) is 4.90 Å². The fourth-order valence-corrected chi connectivity index (χ4v) is 3.45. The molecule has 3 aromatic carbocycles. The van der Waals surface area contributed by atoms with Crippen LogP contribution in [0.3, 0.4) is 0 Å². The molecular weight excluding hydrogens is 341 g/mol. The highest BCUT2D eigenvalue weighted by molar-refractivity contribution is 5.95. The third kappa shape index (κ3) is 3.43. The Hall–Kier alpha value is -3.14. The van der Waals surface area contributed by atoms with Crippen LogP contribution in [0.2, 0.25) is 0 Å². The number of amides is 1. The van der Waals surface area contributed by atoms with Gasteiger partial charge < -0.3 is 9.64 Å². The van der Waals surface area contributed by atoms with Gasteiger partial charge in [0, 0.05) is 12.6 Å². The second kappa shape index (κ2) is 7.23. The van der Waals surface area contributed by atoms with Gasteiger partial charge in [-0.15, -0.1) is 0 Å². The van der Waals surface area contributed by atoms with E-state index < -0.39 is 5.82 Å². The molecule has 27 heavy (non-hydrogen) atoms. The Labute approximate surface area is 158 Å².